The van der Waals surface area contributed by atoms with Crippen molar-refractivity contribution in [3.8, 4) is 17.2 Å². The fourth-order valence-electron chi connectivity index (χ4n) is 4.54. The number of alkyl halides is 3. The Bertz CT molecular complexity index is 1330. The van der Waals surface area contributed by atoms with E-state index in [0.29, 0.717) is 18.5 Å². The van der Waals surface area contributed by atoms with E-state index in [1.165, 1.54) is 6.07 Å². The summed E-state index contributed by atoms with van der Waals surface area (Å²) in [7, 11) is 0. The standard InChI is InChI=1S/C24H16F3N5OS/c25-24(26,27)20-18(14-28)30-13-8-19(20)31-21(33)23(9-1-10-23)32(22(31)34)17-4-2-15(3-5-17)16-6-11-29-12-7-16/h2-8,11-13H,1,9-10H2. The Morgan fingerprint density at radius 1 is 1.00 bits per heavy atom. The number of anilines is 2. The quantitative estimate of drug-likeness (QED) is 0.487. The second kappa shape index (κ2) is 7.88. The average Bonchev–Trinajstić information content (AvgIpc) is 3.05. The molecule has 1 saturated heterocycles. The van der Waals surface area contributed by atoms with Gasteiger partial charge >= 0.3 is 6.18 Å². The van der Waals surface area contributed by atoms with Gasteiger partial charge in [0.1, 0.15) is 17.2 Å². The second-order valence-corrected chi connectivity index (χ2v) is 8.45. The molecule has 2 aromatic heterocycles. The summed E-state index contributed by atoms with van der Waals surface area (Å²) >= 11 is 5.59. The molecule has 34 heavy (non-hydrogen) atoms. The van der Waals surface area contributed by atoms with E-state index >= 15 is 0 Å². The highest BCUT2D eigenvalue weighted by Crippen LogP contribution is 2.49. The Labute approximate surface area is 198 Å². The first-order chi connectivity index (χ1) is 16.3. The minimum atomic E-state index is -4.89. The number of amides is 1. The molecule has 1 aliphatic heterocycles. The molecule has 5 rings (SSSR count). The van der Waals surface area contributed by atoms with Crippen LogP contribution >= 0.6 is 12.2 Å². The van der Waals surface area contributed by atoms with Crippen molar-refractivity contribution < 1.29 is 18.0 Å². The van der Waals surface area contributed by atoms with E-state index in [9.17, 15) is 23.2 Å². The van der Waals surface area contributed by atoms with Crippen LogP contribution in [0.2, 0.25) is 0 Å². The van der Waals surface area contributed by atoms with Crippen LogP contribution in [0.4, 0.5) is 24.5 Å². The molecule has 1 aliphatic carbocycles. The summed E-state index contributed by atoms with van der Waals surface area (Å²) in [5, 5.41) is 9.17. The Morgan fingerprint density at radius 3 is 2.21 bits per heavy atom. The fourth-order valence-corrected chi connectivity index (χ4v) is 5.00. The number of halogens is 3. The van der Waals surface area contributed by atoms with Crippen LogP contribution in [0.3, 0.4) is 0 Å². The van der Waals surface area contributed by atoms with Crippen molar-refractivity contribution in [1.29, 1.82) is 5.26 Å². The van der Waals surface area contributed by atoms with Crippen LogP contribution in [0.5, 0.6) is 0 Å². The number of hydrogen-bond donors (Lipinski definition) is 0. The first-order valence-corrected chi connectivity index (χ1v) is 10.8. The number of thiocarbonyl (C=S) groups is 1. The van der Waals surface area contributed by atoms with E-state index in [2.05, 4.69) is 9.97 Å². The summed E-state index contributed by atoms with van der Waals surface area (Å²) in [6.45, 7) is 0. The number of rotatable bonds is 3. The number of aromatic nitrogens is 2. The molecule has 2 fully saturated rings. The summed E-state index contributed by atoms with van der Waals surface area (Å²) in [6, 6.07) is 13.6. The van der Waals surface area contributed by atoms with Crippen LogP contribution in [-0.2, 0) is 11.0 Å². The highest BCUT2D eigenvalue weighted by molar-refractivity contribution is 7.81. The van der Waals surface area contributed by atoms with E-state index in [0.717, 1.165) is 34.7 Å². The summed E-state index contributed by atoms with van der Waals surface area (Å²) in [5.74, 6) is -0.525. The van der Waals surface area contributed by atoms with Crippen molar-refractivity contribution in [2.75, 3.05) is 9.80 Å². The lowest BCUT2D eigenvalue weighted by Crippen LogP contribution is -2.55. The third-order valence-corrected chi connectivity index (χ3v) is 6.66. The number of carbonyl (C=O) groups excluding carboxylic acids is 1. The minimum absolute atomic E-state index is 0.0537. The molecular weight excluding hydrogens is 463 g/mol. The predicted octanol–water partition coefficient (Wildman–Crippen LogP) is 5.09. The Morgan fingerprint density at radius 2 is 1.65 bits per heavy atom. The average molecular weight is 479 g/mol. The highest BCUT2D eigenvalue weighted by atomic mass is 32.1. The van der Waals surface area contributed by atoms with Gasteiger partial charge in [0.15, 0.2) is 10.8 Å². The number of nitriles is 1. The lowest BCUT2D eigenvalue weighted by atomic mass is 9.75. The molecule has 170 valence electrons. The van der Waals surface area contributed by atoms with Crippen LogP contribution < -0.4 is 9.80 Å². The van der Waals surface area contributed by atoms with Crippen molar-refractivity contribution in [3.63, 3.8) is 0 Å². The van der Waals surface area contributed by atoms with Gasteiger partial charge in [0.2, 0.25) is 0 Å². The molecule has 0 N–H and O–H groups in total. The van der Waals surface area contributed by atoms with Gasteiger partial charge in [-0.2, -0.15) is 18.4 Å². The van der Waals surface area contributed by atoms with Gasteiger partial charge in [-0.05, 0) is 72.9 Å². The van der Waals surface area contributed by atoms with Gasteiger partial charge in [-0.25, -0.2) is 4.98 Å². The van der Waals surface area contributed by atoms with E-state index in [4.69, 9.17) is 12.2 Å². The Kier molecular flexibility index (Phi) is 5.10. The molecule has 6 nitrogen and oxygen atoms in total. The third-order valence-electron chi connectivity index (χ3n) is 6.29. The molecule has 1 aromatic carbocycles. The number of hydrogen-bond acceptors (Lipinski definition) is 5. The molecule has 0 radical (unpaired) electrons. The van der Waals surface area contributed by atoms with Crippen molar-refractivity contribution in [1.82, 2.24) is 9.97 Å². The molecule has 0 bridgehead atoms. The van der Waals surface area contributed by atoms with Crippen LogP contribution in [0, 0.1) is 11.3 Å². The van der Waals surface area contributed by atoms with Gasteiger partial charge in [0.25, 0.3) is 5.91 Å². The lowest BCUT2D eigenvalue weighted by molar-refractivity contribution is -0.137. The fraction of sp³-hybridized carbons (Fsp3) is 0.208. The Hall–Kier alpha value is -3.84. The zero-order chi connectivity index (χ0) is 24.1. The number of carbonyl (C=O) groups is 1. The molecule has 1 amide bonds. The van der Waals surface area contributed by atoms with Crippen molar-refractivity contribution in [2.45, 2.75) is 31.0 Å². The molecule has 0 unspecified atom stereocenters. The van der Waals surface area contributed by atoms with Gasteiger partial charge in [-0.3, -0.25) is 14.7 Å². The van der Waals surface area contributed by atoms with Gasteiger partial charge in [-0.15, -0.1) is 0 Å². The van der Waals surface area contributed by atoms with Crippen molar-refractivity contribution in [2.24, 2.45) is 0 Å². The van der Waals surface area contributed by atoms with Crippen LogP contribution in [-0.4, -0.2) is 26.5 Å². The van der Waals surface area contributed by atoms with Crippen LogP contribution in [0.25, 0.3) is 11.1 Å². The van der Waals surface area contributed by atoms with E-state index in [1.807, 2.05) is 24.3 Å². The Balaban J connectivity index is 1.60. The number of nitrogens with zero attached hydrogens (tertiary/aromatic N) is 5. The summed E-state index contributed by atoms with van der Waals surface area (Å²) in [4.78, 5) is 23.7. The van der Waals surface area contributed by atoms with E-state index < -0.39 is 34.6 Å². The van der Waals surface area contributed by atoms with Crippen molar-refractivity contribution >= 4 is 34.6 Å². The zero-order valence-corrected chi connectivity index (χ0v) is 18.4. The maximum absolute atomic E-state index is 13.9. The van der Waals surface area contributed by atoms with Gasteiger partial charge in [-0.1, -0.05) is 12.1 Å². The smallest absolute Gasteiger partial charge is 0.303 e. The molecule has 0 atom stereocenters. The zero-order valence-electron chi connectivity index (χ0n) is 17.6. The summed E-state index contributed by atoms with van der Waals surface area (Å²) in [6.07, 6.45) is 1.23. The second-order valence-electron chi connectivity index (χ2n) is 8.09. The maximum Gasteiger partial charge on any atom is 0.421 e. The third kappa shape index (κ3) is 3.23. The largest absolute Gasteiger partial charge is 0.421 e. The molecule has 1 spiro atoms. The molecule has 10 heteroatoms. The molecule has 3 heterocycles. The lowest BCUT2D eigenvalue weighted by Gasteiger charge is -2.43. The first-order valence-electron chi connectivity index (χ1n) is 10.4. The maximum atomic E-state index is 13.9. The highest BCUT2D eigenvalue weighted by Gasteiger charge is 2.60. The monoisotopic (exact) mass is 479 g/mol. The van der Waals surface area contributed by atoms with Gasteiger partial charge < -0.3 is 4.90 Å². The predicted molar refractivity (Wildman–Crippen MR) is 123 cm³/mol. The topological polar surface area (TPSA) is 73.1 Å². The molecule has 3 aromatic rings. The summed E-state index contributed by atoms with van der Waals surface area (Å²) in [5.41, 5.74) is -1.10. The van der Waals surface area contributed by atoms with Gasteiger partial charge in [0, 0.05) is 24.3 Å². The van der Waals surface area contributed by atoms with Crippen LogP contribution in [0.1, 0.15) is 30.5 Å². The SMILES string of the molecule is N#Cc1nccc(N2C(=O)C3(CCC3)N(c3ccc(-c4ccncc4)cc3)C2=S)c1C(F)(F)F. The van der Waals surface area contributed by atoms with Crippen LogP contribution in [0.15, 0.2) is 61.1 Å². The first kappa shape index (κ1) is 22.0. The minimum Gasteiger partial charge on any atom is -0.303 e. The molecule has 1 saturated carbocycles. The van der Waals surface area contributed by atoms with Gasteiger partial charge in [0.05, 0.1) is 5.69 Å². The summed E-state index contributed by atoms with van der Waals surface area (Å²) < 4.78 is 41.8. The normalized spacial score (nSPS) is 17.1. The van der Waals surface area contributed by atoms with E-state index in [1.54, 1.807) is 29.4 Å². The molecular formula is C24H16F3N5OS. The number of pyridine rings is 2. The number of benzene rings is 1. The van der Waals surface area contributed by atoms with E-state index in [-0.39, 0.29) is 5.11 Å². The molecule has 2 aliphatic rings. The van der Waals surface area contributed by atoms with Crippen molar-refractivity contribution in [3.05, 3.63) is 72.3 Å².